The number of ether oxygens (including phenoxy) is 1. The lowest BCUT2D eigenvalue weighted by Crippen LogP contribution is -2.49. The van der Waals surface area contributed by atoms with E-state index in [4.69, 9.17) is 4.74 Å². The molecule has 4 rings (SSSR count). The number of fused-ring (bicyclic) bond motifs is 3. The van der Waals surface area contributed by atoms with Crippen molar-refractivity contribution in [2.45, 2.75) is 38.4 Å². The van der Waals surface area contributed by atoms with Crippen molar-refractivity contribution in [1.29, 1.82) is 0 Å². The molecular formula is C22H29N5O3. The Balaban J connectivity index is 1.73. The molecule has 0 bridgehead atoms. The molecule has 1 N–H and O–H groups in total. The van der Waals surface area contributed by atoms with Crippen LogP contribution in [0.4, 0.5) is 5.82 Å². The smallest absolute Gasteiger partial charge is 0.247 e. The van der Waals surface area contributed by atoms with Crippen LogP contribution in [-0.4, -0.2) is 59.3 Å². The van der Waals surface area contributed by atoms with Gasteiger partial charge >= 0.3 is 0 Å². The zero-order valence-corrected chi connectivity index (χ0v) is 17.8. The molecule has 1 fully saturated rings. The van der Waals surface area contributed by atoms with Gasteiger partial charge in [0.25, 0.3) is 0 Å². The molecule has 2 aromatic rings. The zero-order chi connectivity index (χ0) is 21.3. The lowest BCUT2D eigenvalue weighted by molar-refractivity contribution is -0.142. The number of methoxy groups -OCH3 is 1. The van der Waals surface area contributed by atoms with Crippen molar-refractivity contribution in [3.8, 4) is 0 Å². The number of rotatable bonds is 6. The second-order valence-corrected chi connectivity index (χ2v) is 7.93. The molecule has 0 spiro atoms. The van der Waals surface area contributed by atoms with Crippen LogP contribution in [0.1, 0.15) is 35.7 Å². The summed E-state index contributed by atoms with van der Waals surface area (Å²) in [6, 6.07) is 8.78. The van der Waals surface area contributed by atoms with Crippen LogP contribution in [0, 0.1) is 6.92 Å². The SMILES string of the molecule is COCCN1C(=O)C2CCCN2c2c(c(C)nn2C)C1C(=O)NCc1ccccc1. The van der Waals surface area contributed by atoms with Crippen LogP contribution in [0.15, 0.2) is 30.3 Å². The Labute approximate surface area is 176 Å². The topological polar surface area (TPSA) is 79.7 Å². The molecule has 2 aliphatic heterocycles. The fraction of sp³-hybridized carbons (Fsp3) is 0.500. The van der Waals surface area contributed by atoms with Crippen LogP contribution < -0.4 is 10.2 Å². The Kier molecular flexibility index (Phi) is 5.76. The maximum absolute atomic E-state index is 13.5. The number of nitrogens with zero attached hydrogens (tertiary/aromatic N) is 4. The van der Waals surface area contributed by atoms with Crippen molar-refractivity contribution < 1.29 is 14.3 Å². The normalized spacial score (nSPS) is 20.7. The fourth-order valence-electron chi connectivity index (χ4n) is 4.66. The van der Waals surface area contributed by atoms with Gasteiger partial charge in [-0.2, -0.15) is 5.10 Å². The summed E-state index contributed by atoms with van der Waals surface area (Å²) in [6.45, 7) is 3.83. The molecule has 1 aromatic heterocycles. The van der Waals surface area contributed by atoms with E-state index in [0.29, 0.717) is 19.7 Å². The summed E-state index contributed by atoms with van der Waals surface area (Å²) in [5.74, 6) is 0.671. The van der Waals surface area contributed by atoms with E-state index in [1.807, 2.05) is 49.0 Å². The fourth-order valence-corrected chi connectivity index (χ4v) is 4.66. The van der Waals surface area contributed by atoms with Gasteiger partial charge in [-0.15, -0.1) is 0 Å². The standard InChI is InChI=1S/C22H29N5O3/c1-15-18-19(20(28)23-14-16-8-5-4-6-9-16)27(12-13-30-3)22(29)17-10-7-11-26(17)21(18)25(2)24-15/h4-6,8-9,17,19H,7,10-14H2,1-3H3,(H,23,28). The quantitative estimate of drug-likeness (QED) is 0.780. The summed E-state index contributed by atoms with van der Waals surface area (Å²) in [6.07, 6.45) is 1.73. The van der Waals surface area contributed by atoms with Gasteiger partial charge < -0.3 is 19.9 Å². The third-order valence-electron chi connectivity index (χ3n) is 6.01. The number of benzene rings is 1. The second kappa shape index (κ2) is 8.47. The van der Waals surface area contributed by atoms with E-state index in [1.54, 1.807) is 12.0 Å². The first-order chi connectivity index (χ1) is 14.5. The highest BCUT2D eigenvalue weighted by molar-refractivity contribution is 5.95. The molecule has 3 heterocycles. The Morgan fingerprint density at radius 2 is 2.07 bits per heavy atom. The van der Waals surface area contributed by atoms with Crippen LogP contribution in [0.3, 0.4) is 0 Å². The van der Waals surface area contributed by atoms with Crippen LogP contribution in [-0.2, 0) is 27.9 Å². The monoisotopic (exact) mass is 411 g/mol. The molecule has 8 heteroatoms. The van der Waals surface area contributed by atoms with E-state index >= 15 is 0 Å². The first kappa shape index (κ1) is 20.4. The van der Waals surface area contributed by atoms with Gasteiger partial charge in [-0.3, -0.25) is 14.3 Å². The van der Waals surface area contributed by atoms with Gasteiger partial charge in [-0.25, -0.2) is 0 Å². The van der Waals surface area contributed by atoms with Crippen LogP contribution >= 0.6 is 0 Å². The molecule has 2 atom stereocenters. The molecular weight excluding hydrogens is 382 g/mol. The largest absolute Gasteiger partial charge is 0.383 e. The summed E-state index contributed by atoms with van der Waals surface area (Å²) in [5, 5.41) is 7.65. The summed E-state index contributed by atoms with van der Waals surface area (Å²) in [5.41, 5.74) is 2.60. The van der Waals surface area contributed by atoms with Gasteiger partial charge in [0, 0.05) is 39.4 Å². The minimum Gasteiger partial charge on any atom is -0.383 e. The second-order valence-electron chi connectivity index (χ2n) is 7.93. The molecule has 1 saturated heterocycles. The highest BCUT2D eigenvalue weighted by Crippen LogP contribution is 2.40. The number of carbonyl (C=O) groups is 2. The molecule has 2 unspecified atom stereocenters. The minimum absolute atomic E-state index is 0.0139. The maximum atomic E-state index is 13.5. The van der Waals surface area contributed by atoms with Gasteiger partial charge in [0.2, 0.25) is 11.8 Å². The predicted octanol–water partition coefficient (Wildman–Crippen LogP) is 1.54. The third kappa shape index (κ3) is 3.56. The molecule has 0 saturated carbocycles. The number of anilines is 1. The molecule has 0 radical (unpaired) electrons. The van der Waals surface area contributed by atoms with Gasteiger partial charge in [-0.05, 0) is 25.3 Å². The molecule has 2 aliphatic rings. The predicted molar refractivity (Wildman–Crippen MR) is 113 cm³/mol. The van der Waals surface area contributed by atoms with Crippen molar-refractivity contribution >= 4 is 17.6 Å². The van der Waals surface area contributed by atoms with E-state index in [9.17, 15) is 9.59 Å². The molecule has 2 amide bonds. The van der Waals surface area contributed by atoms with E-state index in [-0.39, 0.29) is 17.9 Å². The number of aromatic nitrogens is 2. The van der Waals surface area contributed by atoms with Crippen molar-refractivity contribution in [2.75, 3.05) is 31.7 Å². The summed E-state index contributed by atoms with van der Waals surface area (Å²) in [4.78, 5) is 30.8. The van der Waals surface area contributed by atoms with Crippen LogP contribution in [0.5, 0.6) is 0 Å². The first-order valence-electron chi connectivity index (χ1n) is 10.4. The van der Waals surface area contributed by atoms with Crippen LogP contribution in [0.25, 0.3) is 0 Å². The highest BCUT2D eigenvalue weighted by Gasteiger charge is 2.46. The highest BCUT2D eigenvalue weighted by atomic mass is 16.5. The van der Waals surface area contributed by atoms with Crippen molar-refractivity contribution in [1.82, 2.24) is 20.0 Å². The maximum Gasteiger partial charge on any atom is 0.247 e. The number of nitrogens with one attached hydrogen (secondary N) is 1. The van der Waals surface area contributed by atoms with Gasteiger partial charge in [0.1, 0.15) is 17.9 Å². The minimum atomic E-state index is -0.731. The molecule has 160 valence electrons. The molecule has 1 aromatic carbocycles. The lowest BCUT2D eigenvalue weighted by Gasteiger charge is -2.31. The first-order valence-corrected chi connectivity index (χ1v) is 10.4. The summed E-state index contributed by atoms with van der Waals surface area (Å²) < 4.78 is 7.08. The van der Waals surface area contributed by atoms with E-state index < -0.39 is 6.04 Å². The zero-order valence-electron chi connectivity index (χ0n) is 17.8. The molecule has 30 heavy (non-hydrogen) atoms. The molecule has 8 nitrogen and oxygen atoms in total. The Morgan fingerprint density at radius 1 is 1.30 bits per heavy atom. The number of aryl methyl sites for hydroxylation is 2. The number of amides is 2. The van der Waals surface area contributed by atoms with Gasteiger partial charge in [0.05, 0.1) is 12.3 Å². The Hall–Kier alpha value is -2.87. The molecule has 0 aliphatic carbocycles. The summed E-state index contributed by atoms with van der Waals surface area (Å²) in [7, 11) is 3.49. The van der Waals surface area contributed by atoms with E-state index in [0.717, 1.165) is 42.0 Å². The van der Waals surface area contributed by atoms with Crippen molar-refractivity contribution in [2.24, 2.45) is 7.05 Å². The van der Waals surface area contributed by atoms with Crippen molar-refractivity contribution in [3.05, 3.63) is 47.2 Å². The lowest BCUT2D eigenvalue weighted by atomic mass is 10.0. The van der Waals surface area contributed by atoms with E-state index in [1.165, 1.54) is 0 Å². The summed E-state index contributed by atoms with van der Waals surface area (Å²) >= 11 is 0. The Morgan fingerprint density at radius 3 is 2.80 bits per heavy atom. The average Bonchev–Trinajstić information content (AvgIpc) is 3.30. The van der Waals surface area contributed by atoms with Gasteiger partial charge in [0.15, 0.2) is 0 Å². The van der Waals surface area contributed by atoms with Crippen LogP contribution in [0.2, 0.25) is 0 Å². The number of hydrogen-bond donors (Lipinski definition) is 1. The van der Waals surface area contributed by atoms with Crippen molar-refractivity contribution in [3.63, 3.8) is 0 Å². The van der Waals surface area contributed by atoms with Gasteiger partial charge in [-0.1, -0.05) is 30.3 Å². The van der Waals surface area contributed by atoms with E-state index in [2.05, 4.69) is 15.3 Å². The number of carbonyl (C=O) groups excluding carboxylic acids is 2. The average molecular weight is 412 g/mol. The Bertz CT molecular complexity index is 926. The number of hydrogen-bond acceptors (Lipinski definition) is 5. The third-order valence-corrected chi connectivity index (χ3v) is 6.01.